The molecular formula is C21H18N4O2. The SMILES string of the molecule is COc1cccc(-c2cc(C(=O)Nc3cccc4ncccc34)n(C)n2)c1. The predicted molar refractivity (Wildman–Crippen MR) is 105 cm³/mol. The fraction of sp³-hybridized carbons (Fsp3) is 0.0952. The zero-order chi connectivity index (χ0) is 18.8. The molecule has 6 heteroatoms. The zero-order valence-electron chi connectivity index (χ0n) is 15.0. The van der Waals surface area contributed by atoms with Crippen molar-refractivity contribution in [3.8, 4) is 17.0 Å². The Kier molecular flexibility index (Phi) is 4.30. The van der Waals surface area contributed by atoms with Gasteiger partial charge in [0, 0.05) is 24.2 Å². The van der Waals surface area contributed by atoms with Gasteiger partial charge in [0.05, 0.1) is 24.0 Å². The number of nitrogens with zero attached hydrogens (tertiary/aromatic N) is 3. The van der Waals surface area contributed by atoms with Gasteiger partial charge in [0.15, 0.2) is 0 Å². The summed E-state index contributed by atoms with van der Waals surface area (Å²) < 4.78 is 6.84. The number of fused-ring (bicyclic) bond motifs is 1. The van der Waals surface area contributed by atoms with E-state index in [0.717, 1.165) is 27.9 Å². The Balaban J connectivity index is 1.65. The van der Waals surface area contributed by atoms with Crippen molar-refractivity contribution in [2.24, 2.45) is 7.05 Å². The Morgan fingerprint density at radius 1 is 1.07 bits per heavy atom. The Morgan fingerprint density at radius 3 is 2.78 bits per heavy atom. The van der Waals surface area contributed by atoms with Crippen molar-refractivity contribution in [1.29, 1.82) is 0 Å². The van der Waals surface area contributed by atoms with Crippen LogP contribution in [-0.2, 0) is 7.05 Å². The van der Waals surface area contributed by atoms with Crippen molar-refractivity contribution in [3.05, 3.63) is 72.6 Å². The number of pyridine rings is 1. The maximum absolute atomic E-state index is 12.8. The molecule has 4 rings (SSSR count). The molecule has 134 valence electrons. The third kappa shape index (κ3) is 3.25. The number of carbonyl (C=O) groups is 1. The van der Waals surface area contributed by atoms with Crippen molar-refractivity contribution in [2.75, 3.05) is 12.4 Å². The average molecular weight is 358 g/mol. The Morgan fingerprint density at radius 2 is 1.93 bits per heavy atom. The van der Waals surface area contributed by atoms with Gasteiger partial charge in [0.1, 0.15) is 11.4 Å². The van der Waals surface area contributed by atoms with E-state index >= 15 is 0 Å². The number of methoxy groups -OCH3 is 1. The number of ether oxygens (including phenoxy) is 1. The largest absolute Gasteiger partial charge is 0.497 e. The Labute approximate surface area is 156 Å². The molecular weight excluding hydrogens is 340 g/mol. The maximum atomic E-state index is 12.8. The minimum atomic E-state index is -0.226. The molecule has 2 heterocycles. The average Bonchev–Trinajstić information content (AvgIpc) is 3.10. The van der Waals surface area contributed by atoms with Crippen molar-refractivity contribution < 1.29 is 9.53 Å². The van der Waals surface area contributed by atoms with Gasteiger partial charge in [-0.15, -0.1) is 0 Å². The topological polar surface area (TPSA) is 69.0 Å². The highest BCUT2D eigenvalue weighted by molar-refractivity contribution is 6.08. The number of hydrogen-bond donors (Lipinski definition) is 1. The summed E-state index contributed by atoms with van der Waals surface area (Å²) in [7, 11) is 3.37. The van der Waals surface area contributed by atoms with Crippen molar-refractivity contribution in [3.63, 3.8) is 0 Å². The third-order valence-corrected chi connectivity index (χ3v) is 4.37. The molecule has 0 spiro atoms. The van der Waals surface area contributed by atoms with Crippen LogP contribution in [0.5, 0.6) is 5.75 Å². The Hall–Kier alpha value is -3.67. The first kappa shape index (κ1) is 16.8. The van der Waals surface area contributed by atoms with E-state index in [2.05, 4.69) is 15.4 Å². The summed E-state index contributed by atoms with van der Waals surface area (Å²) in [5.74, 6) is 0.517. The van der Waals surface area contributed by atoms with Crippen molar-refractivity contribution >= 4 is 22.5 Å². The standard InChI is InChI=1S/C21H18N4O2/c1-25-20(13-19(24-25)14-6-3-7-15(12-14)27-2)21(26)23-18-10-4-9-17-16(18)8-5-11-22-17/h3-13H,1-2H3,(H,23,26). The number of rotatable bonds is 4. The van der Waals surface area contributed by atoms with Crippen LogP contribution in [0.25, 0.3) is 22.2 Å². The minimum absolute atomic E-state index is 0.226. The number of aromatic nitrogens is 3. The summed E-state index contributed by atoms with van der Waals surface area (Å²) in [4.78, 5) is 17.1. The number of nitrogens with one attached hydrogen (secondary N) is 1. The quantitative estimate of drug-likeness (QED) is 0.601. The van der Waals surface area contributed by atoms with Crippen LogP contribution in [0.1, 0.15) is 10.5 Å². The summed E-state index contributed by atoms with van der Waals surface area (Å²) in [6, 6.07) is 18.8. The number of amides is 1. The molecule has 4 aromatic rings. The summed E-state index contributed by atoms with van der Waals surface area (Å²) in [6.45, 7) is 0. The van der Waals surface area contributed by atoms with Crippen LogP contribution >= 0.6 is 0 Å². The first-order valence-corrected chi connectivity index (χ1v) is 8.49. The molecule has 0 aliphatic rings. The van der Waals surface area contributed by atoms with Gasteiger partial charge in [-0.3, -0.25) is 14.5 Å². The molecule has 0 saturated heterocycles. The summed E-state index contributed by atoms with van der Waals surface area (Å²) in [6.07, 6.45) is 1.73. The van der Waals surface area contributed by atoms with E-state index in [4.69, 9.17) is 4.74 Å². The molecule has 0 aliphatic carbocycles. The third-order valence-electron chi connectivity index (χ3n) is 4.37. The van der Waals surface area contributed by atoms with Gasteiger partial charge in [-0.1, -0.05) is 18.2 Å². The lowest BCUT2D eigenvalue weighted by atomic mass is 10.1. The monoisotopic (exact) mass is 358 g/mol. The molecule has 0 fully saturated rings. The van der Waals surface area contributed by atoms with Crippen LogP contribution in [0.4, 0.5) is 5.69 Å². The number of anilines is 1. The molecule has 1 amide bonds. The van der Waals surface area contributed by atoms with E-state index < -0.39 is 0 Å². The molecule has 0 unspecified atom stereocenters. The molecule has 27 heavy (non-hydrogen) atoms. The summed E-state index contributed by atoms with van der Waals surface area (Å²) in [5, 5.41) is 8.33. The van der Waals surface area contributed by atoms with Crippen molar-refractivity contribution in [2.45, 2.75) is 0 Å². The van der Waals surface area contributed by atoms with Crippen LogP contribution in [-0.4, -0.2) is 27.8 Å². The molecule has 0 atom stereocenters. The molecule has 0 radical (unpaired) electrons. The normalized spacial score (nSPS) is 10.7. The van der Waals surface area contributed by atoms with Gasteiger partial charge in [0.2, 0.25) is 0 Å². The van der Waals surface area contributed by atoms with Crippen LogP contribution < -0.4 is 10.1 Å². The maximum Gasteiger partial charge on any atom is 0.273 e. The highest BCUT2D eigenvalue weighted by atomic mass is 16.5. The van der Waals surface area contributed by atoms with E-state index in [1.54, 1.807) is 31.1 Å². The van der Waals surface area contributed by atoms with E-state index in [-0.39, 0.29) is 5.91 Å². The molecule has 2 aromatic heterocycles. The molecule has 2 aromatic carbocycles. The van der Waals surface area contributed by atoms with Gasteiger partial charge < -0.3 is 10.1 Å². The highest BCUT2D eigenvalue weighted by Crippen LogP contribution is 2.25. The lowest BCUT2D eigenvalue weighted by Gasteiger charge is -2.08. The first-order valence-electron chi connectivity index (χ1n) is 8.49. The number of aryl methyl sites for hydroxylation is 1. The predicted octanol–water partition coefficient (Wildman–Crippen LogP) is 3.90. The summed E-state index contributed by atoms with van der Waals surface area (Å²) in [5.41, 5.74) is 3.61. The van der Waals surface area contributed by atoms with E-state index in [1.165, 1.54) is 0 Å². The molecule has 6 nitrogen and oxygen atoms in total. The minimum Gasteiger partial charge on any atom is -0.497 e. The first-order chi connectivity index (χ1) is 13.2. The highest BCUT2D eigenvalue weighted by Gasteiger charge is 2.16. The number of hydrogen-bond acceptors (Lipinski definition) is 4. The molecule has 0 bridgehead atoms. The molecule has 0 aliphatic heterocycles. The van der Waals surface area contributed by atoms with Gasteiger partial charge in [0.25, 0.3) is 5.91 Å². The van der Waals surface area contributed by atoms with Crippen LogP contribution in [0.15, 0.2) is 66.9 Å². The van der Waals surface area contributed by atoms with Crippen molar-refractivity contribution in [1.82, 2.24) is 14.8 Å². The fourth-order valence-electron chi connectivity index (χ4n) is 3.00. The van der Waals surface area contributed by atoms with E-state index in [1.807, 2.05) is 54.6 Å². The van der Waals surface area contributed by atoms with Gasteiger partial charge in [-0.25, -0.2) is 0 Å². The number of carbonyl (C=O) groups excluding carboxylic acids is 1. The van der Waals surface area contributed by atoms with Gasteiger partial charge >= 0.3 is 0 Å². The fourth-order valence-corrected chi connectivity index (χ4v) is 3.00. The van der Waals surface area contributed by atoms with Gasteiger partial charge in [-0.2, -0.15) is 5.10 Å². The van der Waals surface area contributed by atoms with Crippen LogP contribution in [0, 0.1) is 0 Å². The molecule has 0 saturated carbocycles. The summed E-state index contributed by atoms with van der Waals surface area (Å²) >= 11 is 0. The van der Waals surface area contributed by atoms with E-state index in [9.17, 15) is 4.79 Å². The molecule has 1 N–H and O–H groups in total. The van der Waals surface area contributed by atoms with Gasteiger partial charge in [-0.05, 0) is 42.5 Å². The smallest absolute Gasteiger partial charge is 0.273 e. The van der Waals surface area contributed by atoms with Crippen LogP contribution in [0.2, 0.25) is 0 Å². The second-order valence-electron chi connectivity index (χ2n) is 6.10. The lowest BCUT2D eigenvalue weighted by molar-refractivity contribution is 0.101. The Bertz CT molecular complexity index is 1130. The number of benzene rings is 2. The van der Waals surface area contributed by atoms with Crippen LogP contribution in [0.3, 0.4) is 0 Å². The zero-order valence-corrected chi connectivity index (χ0v) is 15.0. The second kappa shape index (κ2) is 6.92. The second-order valence-corrected chi connectivity index (χ2v) is 6.10. The lowest BCUT2D eigenvalue weighted by Crippen LogP contribution is -2.16. The van der Waals surface area contributed by atoms with E-state index in [0.29, 0.717) is 11.4 Å².